The molecule has 1 unspecified atom stereocenters. The molecule has 0 saturated carbocycles. The molecule has 0 saturated heterocycles. The third kappa shape index (κ3) is 4.34. The first-order valence-corrected chi connectivity index (χ1v) is 6.27. The van der Waals surface area contributed by atoms with Gasteiger partial charge in [-0.15, -0.1) is 0 Å². The minimum Gasteiger partial charge on any atom is -0.373 e. The molecule has 0 spiro atoms. The minimum absolute atomic E-state index is 0.0697. The highest BCUT2D eigenvalue weighted by Crippen LogP contribution is 2.30. The molecule has 0 amide bonds. The lowest BCUT2D eigenvalue weighted by atomic mass is 9.84. The van der Waals surface area contributed by atoms with Crippen molar-refractivity contribution >= 4 is 5.78 Å². The standard InChI is InChI=1S/C15H19F3O2/c1-14(2,3)13(20-4)12(19)9-10-6-5-7-11(8-10)15(16,17)18/h5-8,13H,9H2,1-4H3. The first-order chi connectivity index (χ1) is 9.05. The summed E-state index contributed by atoms with van der Waals surface area (Å²) in [7, 11) is 1.43. The molecule has 0 bridgehead atoms. The lowest BCUT2D eigenvalue weighted by Gasteiger charge is -2.28. The van der Waals surface area contributed by atoms with Crippen LogP contribution in [0.4, 0.5) is 13.2 Å². The Morgan fingerprint density at radius 3 is 2.30 bits per heavy atom. The van der Waals surface area contributed by atoms with E-state index in [0.29, 0.717) is 5.56 Å². The number of methoxy groups -OCH3 is 1. The largest absolute Gasteiger partial charge is 0.416 e. The van der Waals surface area contributed by atoms with Gasteiger partial charge >= 0.3 is 6.18 Å². The van der Waals surface area contributed by atoms with Gasteiger partial charge in [0, 0.05) is 13.5 Å². The highest BCUT2D eigenvalue weighted by atomic mass is 19.4. The van der Waals surface area contributed by atoms with Crippen LogP contribution in [0.2, 0.25) is 0 Å². The maximum Gasteiger partial charge on any atom is 0.416 e. The molecule has 1 aromatic rings. The summed E-state index contributed by atoms with van der Waals surface area (Å²) in [6.45, 7) is 5.56. The molecule has 5 heteroatoms. The lowest BCUT2D eigenvalue weighted by molar-refractivity contribution is -0.138. The SMILES string of the molecule is COC(C(=O)Cc1cccc(C(F)(F)F)c1)C(C)(C)C. The van der Waals surface area contributed by atoms with Gasteiger partial charge in [0.15, 0.2) is 5.78 Å². The highest BCUT2D eigenvalue weighted by molar-refractivity contribution is 5.86. The third-order valence-corrected chi connectivity index (χ3v) is 2.95. The number of ether oxygens (including phenoxy) is 1. The van der Waals surface area contributed by atoms with Crippen molar-refractivity contribution in [1.82, 2.24) is 0 Å². The summed E-state index contributed by atoms with van der Waals surface area (Å²) in [5, 5.41) is 0. The zero-order chi connectivity index (χ0) is 15.6. The van der Waals surface area contributed by atoms with Crippen molar-refractivity contribution in [2.75, 3.05) is 7.11 Å². The molecule has 1 rings (SSSR count). The summed E-state index contributed by atoms with van der Waals surface area (Å²) >= 11 is 0. The van der Waals surface area contributed by atoms with E-state index in [4.69, 9.17) is 4.74 Å². The van der Waals surface area contributed by atoms with E-state index in [1.54, 1.807) is 0 Å². The van der Waals surface area contributed by atoms with Gasteiger partial charge < -0.3 is 4.74 Å². The number of hydrogen-bond donors (Lipinski definition) is 0. The van der Waals surface area contributed by atoms with Crippen LogP contribution in [-0.2, 0) is 22.1 Å². The predicted octanol–water partition coefficient (Wildman–Crippen LogP) is 3.88. The van der Waals surface area contributed by atoms with Gasteiger partial charge in [0.2, 0.25) is 0 Å². The van der Waals surface area contributed by atoms with Gasteiger partial charge in [0.25, 0.3) is 0 Å². The second kappa shape index (κ2) is 5.95. The van der Waals surface area contributed by atoms with E-state index in [-0.39, 0.29) is 12.2 Å². The molecular formula is C15H19F3O2. The summed E-state index contributed by atoms with van der Waals surface area (Å²) in [5.74, 6) is -0.223. The van der Waals surface area contributed by atoms with E-state index in [2.05, 4.69) is 0 Å². The average Bonchev–Trinajstić information content (AvgIpc) is 2.26. The summed E-state index contributed by atoms with van der Waals surface area (Å²) in [5.41, 5.74) is -0.795. The summed E-state index contributed by atoms with van der Waals surface area (Å²) in [6.07, 6.45) is -5.11. The molecule has 0 fully saturated rings. The van der Waals surface area contributed by atoms with Crippen LogP contribution in [0.15, 0.2) is 24.3 Å². The van der Waals surface area contributed by atoms with Crippen LogP contribution in [-0.4, -0.2) is 19.0 Å². The molecular weight excluding hydrogens is 269 g/mol. The molecule has 20 heavy (non-hydrogen) atoms. The van der Waals surface area contributed by atoms with Gasteiger partial charge in [-0.25, -0.2) is 0 Å². The van der Waals surface area contributed by atoms with Crippen molar-refractivity contribution in [2.24, 2.45) is 5.41 Å². The van der Waals surface area contributed by atoms with Crippen LogP contribution < -0.4 is 0 Å². The van der Waals surface area contributed by atoms with Gasteiger partial charge in [-0.2, -0.15) is 13.2 Å². The molecule has 0 aromatic heterocycles. The van der Waals surface area contributed by atoms with E-state index in [1.165, 1.54) is 19.2 Å². The van der Waals surface area contributed by atoms with E-state index >= 15 is 0 Å². The third-order valence-electron chi connectivity index (χ3n) is 2.95. The molecule has 0 heterocycles. The van der Waals surface area contributed by atoms with Crippen molar-refractivity contribution in [3.8, 4) is 0 Å². The summed E-state index contributed by atoms with van der Waals surface area (Å²) < 4.78 is 43.0. The summed E-state index contributed by atoms with van der Waals surface area (Å²) in [4.78, 5) is 12.1. The minimum atomic E-state index is -4.40. The van der Waals surface area contributed by atoms with Crippen LogP contribution in [0.5, 0.6) is 0 Å². The summed E-state index contributed by atoms with van der Waals surface area (Å²) in [6, 6.07) is 4.83. The molecule has 1 atom stereocenters. The second-order valence-electron chi connectivity index (χ2n) is 5.82. The maximum absolute atomic E-state index is 12.6. The molecule has 0 aliphatic rings. The molecule has 0 aliphatic heterocycles. The van der Waals surface area contributed by atoms with Crippen LogP contribution in [0.3, 0.4) is 0 Å². The second-order valence-corrected chi connectivity index (χ2v) is 5.82. The zero-order valence-corrected chi connectivity index (χ0v) is 12.0. The first kappa shape index (κ1) is 16.7. The Morgan fingerprint density at radius 1 is 1.25 bits per heavy atom. The fourth-order valence-electron chi connectivity index (χ4n) is 2.12. The Morgan fingerprint density at radius 2 is 1.85 bits per heavy atom. The number of benzene rings is 1. The Bertz CT molecular complexity index is 473. The number of rotatable bonds is 4. The Kier molecular flexibility index (Phi) is 4.97. The number of ketones is 1. The van der Waals surface area contributed by atoms with Crippen molar-refractivity contribution in [2.45, 2.75) is 39.5 Å². The van der Waals surface area contributed by atoms with Crippen LogP contribution in [0.25, 0.3) is 0 Å². The average molecular weight is 288 g/mol. The first-order valence-electron chi connectivity index (χ1n) is 6.27. The van der Waals surface area contributed by atoms with Gasteiger partial charge in [0.05, 0.1) is 5.56 Å². The van der Waals surface area contributed by atoms with Crippen molar-refractivity contribution in [3.63, 3.8) is 0 Å². The van der Waals surface area contributed by atoms with Gasteiger partial charge in [-0.3, -0.25) is 4.79 Å². The Balaban J connectivity index is 2.91. The van der Waals surface area contributed by atoms with Gasteiger partial charge in [0.1, 0.15) is 6.10 Å². The smallest absolute Gasteiger partial charge is 0.373 e. The number of carbonyl (C=O) groups is 1. The number of Topliss-reactive ketones (excluding diaryl/α,β-unsaturated/α-hetero) is 1. The molecule has 0 N–H and O–H groups in total. The molecule has 112 valence electrons. The van der Waals surface area contributed by atoms with Crippen LogP contribution in [0.1, 0.15) is 31.9 Å². The topological polar surface area (TPSA) is 26.3 Å². The normalized spacial score (nSPS) is 14.2. The van der Waals surface area contributed by atoms with Gasteiger partial charge in [-0.1, -0.05) is 39.0 Å². The van der Waals surface area contributed by atoms with E-state index in [1.807, 2.05) is 20.8 Å². The molecule has 0 radical (unpaired) electrons. The monoisotopic (exact) mass is 288 g/mol. The van der Waals surface area contributed by atoms with Crippen molar-refractivity contribution in [1.29, 1.82) is 0 Å². The van der Waals surface area contributed by atoms with E-state index in [0.717, 1.165) is 12.1 Å². The fraction of sp³-hybridized carbons (Fsp3) is 0.533. The van der Waals surface area contributed by atoms with E-state index in [9.17, 15) is 18.0 Å². The fourth-order valence-corrected chi connectivity index (χ4v) is 2.12. The van der Waals surface area contributed by atoms with Crippen LogP contribution >= 0.6 is 0 Å². The zero-order valence-electron chi connectivity index (χ0n) is 12.0. The quantitative estimate of drug-likeness (QED) is 0.840. The molecule has 1 aromatic carbocycles. The number of carbonyl (C=O) groups excluding carboxylic acids is 1. The van der Waals surface area contributed by atoms with Crippen molar-refractivity contribution in [3.05, 3.63) is 35.4 Å². The predicted molar refractivity (Wildman–Crippen MR) is 70.4 cm³/mol. The number of halogens is 3. The van der Waals surface area contributed by atoms with Crippen LogP contribution in [0, 0.1) is 5.41 Å². The Hall–Kier alpha value is -1.36. The molecule has 0 aliphatic carbocycles. The lowest BCUT2D eigenvalue weighted by Crippen LogP contribution is -2.37. The van der Waals surface area contributed by atoms with E-state index < -0.39 is 23.3 Å². The highest BCUT2D eigenvalue weighted by Gasteiger charge is 2.32. The van der Waals surface area contributed by atoms with Gasteiger partial charge in [-0.05, 0) is 17.0 Å². The number of hydrogen-bond acceptors (Lipinski definition) is 2. The molecule has 2 nitrogen and oxygen atoms in total. The number of alkyl halides is 3. The van der Waals surface area contributed by atoms with Crippen molar-refractivity contribution < 1.29 is 22.7 Å². The Labute approximate surface area is 116 Å². The maximum atomic E-state index is 12.6.